The third kappa shape index (κ3) is 3.60. The van der Waals surface area contributed by atoms with E-state index in [2.05, 4.69) is 180 Å². The summed E-state index contributed by atoms with van der Waals surface area (Å²) in [6.45, 7) is 0. The Morgan fingerprint density at radius 1 is 0.520 bits per heavy atom. The van der Waals surface area contributed by atoms with Gasteiger partial charge in [-0.25, -0.2) is 4.98 Å². The second-order valence-corrected chi connectivity index (χ2v) is 13.4. The Kier molecular flexibility index (Phi) is 5.62. The molecular formula is C46H30N4. The SMILES string of the molecule is c1ccc(C2=NC(c3ccc4c(c3)C3(c5ccccc5-4)c4ccccc4-n4c(-c5ccccc5)nc5cccc3c54)Nc3ccccc32)cc1. The average Bonchev–Trinajstić information content (AvgIpc) is 3.72. The van der Waals surface area contributed by atoms with Crippen LogP contribution in [0, 0.1) is 0 Å². The summed E-state index contributed by atoms with van der Waals surface area (Å²) in [5, 5.41) is 3.79. The molecule has 0 bridgehead atoms. The lowest BCUT2D eigenvalue weighted by molar-refractivity contribution is 0.739. The summed E-state index contributed by atoms with van der Waals surface area (Å²) in [7, 11) is 0. The van der Waals surface area contributed by atoms with Crippen molar-refractivity contribution < 1.29 is 0 Å². The standard InChI is InChI=1S/C46H30N4/c1-3-14-29(15-4-1)42-34-19-8-11-23-39(34)47-44(49-42)31-26-27-33-32-18-7-9-20-35(32)46(38(33)28-31)36-21-10-12-25-41(36)50-43-37(46)22-13-24-40(43)48-45(50)30-16-5-2-6-17-30/h1-28,44,47H. The maximum Gasteiger partial charge on any atom is 0.145 e. The molecule has 0 saturated heterocycles. The van der Waals surface area contributed by atoms with Crippen LogP contribution >= 0.6 is 0 Å². The molecule has 0 amide bonds. The molecule has 1 aliphatic carbocycles. The largest absolute Gasteiger partial charge is 0.360 e. The first-order valence-corrected chi connectivity index (χ1v) is 17.2. The highest BCUT2D eigenvalue weighted by Crippen LogP contribution is 2.61. The summed E-state index contributed by atoms with van der Waals surface area (Å²) >= 11 is 0. The van der Waals surface area contributed by atoms with Crippen molar-refractivity contribution in [2.24, 2.45) is 4.99 Å². The number of nitrogens with one attached hydrogen (secondary N) is 1. The first kappa shape index (κ1) is 27.4. The molecule has 2 aliphatic heterocycles. The van der Waals surface area contributed by atoms with Crippen molar-refractivity contribution in [2.45, 2.75) is 11.6 Å². The van der Waals surface area contributed by atoms with E-state index in [0.29, 0.717) is 0 Å². The Balaban J connectivity index is 1.20. The van der Waals surface area contributed by atoms with Crippen molar-refractivity contribution in [3.8, 4) is 28.2 Å². The van der Waals surface area contributed by atoms with Gasteiger partial charge in [0.1, 0.15) is 12.0 Å². The number of anilines is 1. The predicted molar refractivity (Wildman–Crippen MR) is 202 cm³/mol. The molecule has 3 heterocycles. The van der Waals surface area contributed by atoms with Crippen molar-refractivity contribution >= 4 is 22.4 Å². The second-order valence-electron chi connectivity index (χ2n) is 13.4. The number of aliphatic imine (C=N–C) groups is 1. The molecular weight excluding hydrogens is 609 g/mol. The Bertz CT molecular complexity index is 2690. The highest BCUT2D eigenvalue weighted by molar-refractivity contribution is 6.17. The third-order valence-corrected chi connectivity index (χ3v) is 10.8. The van der Waals surface area contributed by atoms with E-state index >= 15 is 0 Å². The minimum atomic E-state index is -0.541. The van der Waals surface area contributed by atoms with Crippen molar-refractivity contribution in [3.05, 3.63) is 209 Å². The number of para-hydroxylation sites is 3. The quantitative estimate of drug-likeness (QED) is 0.209. The molecule has 1 aromatic heterocycles. The maximum atomic E-state index is 5.42. The lowest BCUT2D eigenvalue weighted by Gasteiger charge is -2.39. The van der Waals surface area contributed by atoms with Gasteiger partial charge in [-0.15, -0.1) is 0 Å². The highest BCUT2D eigenvalue weighted by Gasteiger charge is 2.51. The van der Waals surface area contributed by atoms with Gasteiger partial charge in [0, 0.05) is 22.4 Å². The fourth-order valence-electron chi connectivity index (χ4n) is 8.80. The van der Waals surface area contributed by atoms with Crippen LogP contribution in [0.15, 0.2) is 175 Å². The van der Waals surface area contributed by atoms with Crippen LogP contribution in [0.1, 0.15) is 45.1 Å². The number of hydrogen-bond donors (Lipinski definition) is 1. The minimum Gasteiger partial charge on any atom is -0.360 e. The molecule has 2 atom stereocenters. The average molecular weight is 639 g/mol. The van der Waals surface area contributed by atoms with E-state index in [4.69, 9.17) is 9.98 Å². The van der Waals surface area contributed by atoms with E-state index in [0.717, 1.165) is 56.2 Å². The van der Waals surface area contributed by atoms with Gasteiger partial charge in [-0.1, -0.05) is 146 Å². The number of aromatic nitrogens is 2. The number of hydrogen-bond acceptors (Lipinski definition) is 3. The summed E-state index contributed by atoms with van der Waals surface area (Å²) in [4.78, 5) is 10.7. The lowest BCUT2D eigenvalue weighted by atomic mass is 9.65. The molecule has 4 nitrogen and oxygen atoms in total. The third-order valence-electron chi connectivity index (χ3n) is 10.8. The number of rotatable bonds is 3. The van der Waals surface area contributed by atoms with Gasteiger partial charge in [0.15, 0.2) is 0 Å². The Morgan fingerprint density at radius 3 is 2.02 bits per heavy atom. The van der Waals surface area contributed by atoms with Crippen molar-refractivity contribution in [1.29, 1.82) is 0 Å². The number of imidazole rings is 1. The summed E-state index contributed by atoms with van der Waals surface area (Å²) < 4.78 is 2.39. The summed E-state index contributed by atoms with van der Waals surface area (Å²) in [5.74, 6) is 0.962. The topological polar surface area (TPSA) is 42.2 Å². The highest BCUT2D eigenvalue weighted by atomic mass is 15.1. The fourth-order valence-corrected chi connectivity index (χ4v) is 8.80. The van der Waals surface area contributed by atoms with Gasteiger partial charge >= 0.3 is 0 Å². The van der Waals surface area contributed by atoms with Gasteiger partial charge in [0.25, 0.3) is 0 Å². The van der Waals surface area contributed by atoms with Crippen LogP contribution in [-0.2, 0) is 5.41 Å². The lowest BCUT2D eigenvalue weighted by Crippen LogP contribution is -2.33. The normalized spacial score (nSPS) is 17.8. The number of fused-ring (bicyclic) bond motifs is 10. The molecule has 7 aromatic carbocycles. The Labute approximate surface area is 290 Å². The molecule has 3 aliphatic rings. The predicted octanol–water partition coefficient (Wildman–Crippen LogP) is 10.3. The molecule has 1 spiro atoms. The summed E-state index contributed by atoms with van der Waals surface area (Å²) in [6.07, 6.45) is -0.254. The Hall–Kier alpha value is -6.52. The van der Waals surface area contributed by atoms with Crippen molar-refractivity contribution in [1.82, 2.24) is 9.55 Å². The second kappa shape index (κ2) is 10.2. The van der Waals surface area contributed by atoms with Crippen LogP contribution in [0.2, 0.25) is 0 Å². The molecule has 2 unspecified atom stereocenters. The van der Waals surface area contributed by atoms with Crippen molar-refractivity contribution in [2.75, 3.05) is 5.32 Å². The van der Waals surface area contributed by atoms with Gasteiger partial charge in [-0.2, -0.15) is 0 Å². The van der Waals surface area contributed by atoms with E-state index in [-0.39, 0.29) is 6.17 Å². The zero-order valence-electron chi connectivity index (χ0n) is 27.1. The summed E-state index contributed by atoms with van der Waals surface area (Å²) in [5.41, 5.74) is 17.0. The van der Waals surface area contributed by atoms with E-state index in [1.807, 2.05) is 0 Å². The van der Waals surface area contributed by atoms with Crippen LogP contribution in [0.5, 0.6) is 0 Å². The molecule has 4 heteroatoms. The van der Waals surface area contributed by atoms with Gasteiger partial charge in [-0.05, 0) is 63.2 Å². The molecule has 1 N–H and O–H groups in total. The molecule has 8 aromatic rings. The van der Waals surface area contributed by atoms with Crippen LogP contribution in [0.25, 0.3) is 39.2 Å². The monoisotopic (exact) mass is 638 g/mol. The fraction of sp³-hybridized carbons (Fsp3) is 0.0435. The zero-order chi connectivity index (χ0) is 32.8. The molecule has 11 rings (SSSR count). The molecule has 234 valence electrons. The van der Waals surface area contributed by atoms with E-state index in [1.54, 1.807) is 0 Å². The van der Waals surface area contributed by atoms with E-state index < -0.39 is 5.41 Å². The number of nitrogens with zero attached hydrogens (tertiary/aromatic N) is 3. The molecule has 50 heavy (non-hydrogen) atoms. The van der Waals surface area contributed by atoms with Crippen LogP contribution in [0.3, 0.4) is 0 Å². The zero-order valence-corrected chi connectivity index (χ0v) is 27.1. The maximum absolute atomic E-state index is 5.42. The minimum absolute atomic E-state index is 0.254. The summed E-state index contributed by atoms with van der Waals surface area (Å²) in [6, 6.07) is 61.2. The van der Waals surface area contributed by atoms with Crippen LogP contribution in [0.4, 0.5) is 5.69 Å². The molecule has 0 radical (unpaired) electrons. The molecule has 0 fully saturated rings. The van der Waals surface area contributed by atoms with Gasteiger partial charge in [0.05, 0.1) is 27.8 Å². The molecule has 0 saturated carbocycles. The number of benzene rings is 7. The first-order chi connectivity index (χ1) is 24.8. The van der Waals surface area contributed by atoms with E-state index in [9.17, 15) is 0 Å². The van der Waals surface area contributed by atoms with Gasteiger partial charge in [-0.3, -0.25) is 9.56 Å². The van der Waals surface area contributed by atoms with Crippen LogP contribution < -0.4 is 5.32 Å². The van der Waals surface area contributed by atoms with Crippen LogP contribution in [-0.4, -0.2) is 15.3 Å². The first-order valence-electron chi connectivity index (χ1n) is 17.2. The van der Waals surface area contributed by atoms with Gasteiger partial charge in [0.2, 0.25) is 0 Å². The smallest absolute Gasteiger partial charge is 0.145 e. The van der Waals surface area contributed by atoms with Crippen molar-refractivity contribution in [3.63, 3.8) is 0 Å². The Morgan fingerprint density at radius 2 is 1.18 bits per heavy atom. The van der Waals surface area contributed by atoms with E-state index in [1.165, 1.54) is 33.4 Å². The van der Waals surface area contributed by atoms with Gasteiger partial charge < -0.3 is 5.32 Å².